The van der Waals surface area contributed by atoms with Gasteiger partial charge in [0.2, 0.25) is 0 Å². The zero-order valence-electron chi connectivity index (χ0n) is 12.3. The van der Waals surface area contributed by atoms with Crippen molar-refractivity contribution in [3.8, 4) is 0 Å². The number of hydrogen-bond donors (Lipinski definition) is 1. The van der Waals surface area contributed by atoms with Crippen LogP contribution >= 0.6 is 0 Å². The van der Waals surface area contributed by atoms with Gasteiger partial charge in [-0.15, -0.1) is 0 Å². The summed E-state index contributed by atoms with van der Waals surface area (Å²) in [4.78, 5) is 27.0. The lowest BCUT2D eigenvalue weighted by molar-refractivity contribution is -0.138. The van der Waals surface area contributed by atoms with E-state index in [1.807, 2.05) is 11.8 Å². The lowest BCUT2D eigenvalue weighted by atomic mass is 10.1. The molecule has 1 N–H and O–H groups in total. The molecule has 110 valence electrons. The van der Waals surface area contributed by atoms with Crippen molar-refractivity contribution in [1.29, 1.82) is 0 Å². The Morgan fingerprint density at radius 1 is 1.37 bits per heavy atom. The summed E-state index contributed by atoms with van der Waals surface area (Å²) < 4.78 is 0. The van der Waals surface area contributed by atoms with Gasteiger partial charge in [0.1, 0.15) is 0 Å². The summed E-state index contributed by atoms with van der Waals surface area (Å²) in [5, 5.41) is 8.87. The van der Waals surface area contributed by atoms with E-state index in [1.54, 1.807) is 11.8 Å². The second kappa shape index (κ2) is 7.36. The topological polar surface area (TPSA) is 60.9 Å². The lowest BCUT2D eigenvalue weighted by Gasteiger charge is -2.35. The molecule has 0 aromatic rings. The first-order valence-electron chi connectivity index (χ1n) is 7.26. The highest BCUT2D eigenvalue weighted by Gasteiger charge is 2.28. The molecule has 1 aliphatic rings. The fourth-order valence-corrected chi connectivity index (χ4v) is 2.72. The summed E-state index contributed by atoms with van der Waals surface area (Å²) in [6.07, 6.45) is 4.42. The fourth-order valence-electron chi connectivity index (χ4n) is 2.72. The van der Waals surface area contributed by atoms with E-state index in [-0.39, 0.29) is 24.5 Å². The highest BCUT2D eigenvalue weighted by atomic mass is 16.4. The number of carbonyl (C=O) groups excluding carboxylic acids is 1. The van der Waals surface area contributed by atoms with Gasteiger partial charge in [-0.25, -0.2) is 4.79 Å². The SMILES string of the molecule is CCN(C(=O)N1CCCCCC1C)C(C)CC(=O)O. The Hall–Kier alpha value is -1.26. The van der Waals surface area contributed by atoms with Crippen LogP contribution in [0.5, 0.6) is 0 Å². The molecule has 5 nitrogen and oxygen atoms in total. The first-order valence-corrected chi connectivity index (χ1v) is 7.26. The summed E-state index contributed by atoms with van der Waals surface area (Å²) in [5.74, 6) is -0.859. The minimum Gasteiger partial charge on any atom is -0.481 e. The Balaban J connectivity index is 2.73. The number of likely N-dealkylation sites (tertiary alicyclic amines) is 1. The minimum atomic E-state index is -0.859. The molecule has 0 saturated carbocycles. The molecule has 5 heteroatoms. The van der Waals surface area contributed by atoms with Crippen LogP contribution in [-0.4, -0.2) is 52.1 Å². The summed E-state index contributed by atoms with van der Waals surface area (Å²) in [6.45, 7) is 7.13. The van der Waals surface area contributed by atoms with Crippen molar-refractivity contribution >= 4 is 12.0 Å². The number of rotatable bonds is 4. The monoisotopic (exact) mass is 270 g/mol. The second-order valence-corrected chi connectivity index (χ2v) is 5.41. The molecular weight excluding hydrogens is 244 g/mol. The predicted octanol–water partition coefficient (Wildman–Crippen LogP) is 2.56. The number of aliphatic carboxylic acids is 1. The summed E-state index contributed by atoms with van der Waals surface area (Å²) >= 11 is 0. The number of urea groups is 1. The standard InChI is InChI=1S/C14H26N2O3/c1-4-15(12(3)10-13(17)18)14(19)16-9-7-5-6-8-11(16)2/h11-12H,4-10H2,1-3H3,(H,17,18). The molecule has 0 bridgehead atoms. The number of hydrogen-bond acceptors (Lipinski definition) is 2. The van der Waals surface area contributed by atoms with Crippen LogP contribution in [0.4, 0.5) is 4.79 Å². The molecule has 0 aliphatic carbocycles. The quantitative estimate of drug-likeness (QED) is 0.854. The lowest BCUT2D eigenvalue weighted by Crippen LogP contribution is -2.50. The maximum atomic E-state index is 12.6. The van der Waals surface area contributed by atoms with Crippen molar-refractivity contribution in [2.75, 3.05) is 13.1 Å². The van der Waals surface area contributed by atoms with E-state index >= 15 is 0 Å². The third-order valence-electron chi connectivity index (χ3n) is 3.89. The van der Waals surface area contributed by atoms with E-state index in [0.29, 0.717) is 6.54 Å². The number of carbonyl (C=O) groups is 2. The Bertz CT molecular complexity index is 320. The van der Waals surface area contributed by atoms with Crippen molar-refractivity contribution in [3.63, 3.8) is 0 Å². The molecule has 1 saturated heterocycles. The highest BCUT2D eigenvalue weighted by molar-refractivity contribution is 5.76. The van der Waals surface area contributed by atoms with Gasteiger partial charge in [-0.1, -0.05) is 12.8 Å². The first kappa shape index (κ1) is 15.8. The van der Waals surface area contributed by atoms with Crippen molar-refractivity contribution in [3.05, 3.63) is 0 Å². The molecule has 2 amide bonds. The van der Waals surface area contributed by atoms with Gasteiger partial charge < -0.3 is 14.9 Å². The number of amides is 2. The predicted molar refractivity (Wildman–Crippen MR) is 74.1 cm³/mol. The summed E-state index contributed by atoms with van der Waals surface area (Å²) in [7, 11) is 0. The first-order chi connectivity index (χ1) is 8.97. The number of carboxylic acid groups (broad SMARTS) is 1. The van der Waals surface area contributed by atoms with E-state index in [9.17, 15) is 9.59 Å². The maximum absolute atomic E-state index is 12.6. The van der Waals surface area contributed by atoms with Gasteiger partial charge in [0.25, 0.3) is 0 Å². The summed E-state index contributed by atoms with van der Waals surface area (Å²) in [6, 6.07) is -0.0165. The molecule has 1 rings (SSSR count). The molecule has 0 radical (unpaired) electrons. The van der Waals surface area contributed by atoms with Gasteiger partial charge in [0.15, 0.2) is 0 Å². The normalized spacial score (nSPS) is 21.6. The minimum absolute atomic E-state index is 0.00179. The van der Waals surface area contributed by atoms with Crippen LogP contribution in [0.25, 0.3) is 0 Å². The Labute approximate surface area is 115 Å². The Morgan fingerprint density at radius 2 is 2.05 bits per heavy atom. The van der Waals surface area contributed by atoms with E-state index < -0.39 is 5.97 Å². The van der Waals surface area contributed by atoms with Crippen LogP contribution in [0, 0.1) is 0 Å². The van der Waals surface area contributed by atoms with E-state index in [0.717, 1.165) is 19.4 Å². The van der Waals surface area contributed by atoms with Crippen LogP contribution < -0.4 is 0 Å². The zero-order valence-corrected chi connectivity index (χ0v) is 12.3. The average Bonchev–Trinajstić information content (AvgIpc) is 2.53. The van der Waals surface area contributed by atoms with Gasteiger partial charge in [-0.05, 0) is 33.6 Å². The molecule has 2 unspecified atom stereocenters. The van der Waals surface area contributed by atoms with Gasteiger partial charge in [-0.2, -0.15) is 0 Å². The van der Waals surface area contributed by atoms with Crippen molar-refractivity contribution in [2.24, 2.45) is 0 Å². The number of carboxylic acids is 1. The third-order valence-corrected chi connectivity index (χ3v) is 3.89. The number of nitrogens with zero attached hydrogens (tertiary/aromatic N) is 2. The Morgan fingerprint density at radius 3 is 2.63 bits per heavy atom. The molecule has 0 aromatic heterocycles. The molecule has 0 spiro atoms. The van der Waals surface area contributed by atoms with Gasteiger partial charge in [0.05, 0.1) is 6.42 Å². The van der Waals surface area contributed by atoms with E-state index in [1.165, 1.54) is 12.8 Å². The average molecular weight is 270 g/mol. The van der Waals surface area contributed by atoms with Crippen LogP contribution in [0.15, 0.2) is 0 Å². The van der Waals surface area contributed by atoms with Gasteiger partial charge in [0, 0.05) is 25.2 Å². The highest BCUT2D eigenvalue weighted by Crippen LogP contribution is 2.19. The van der Waals surface area contributed by atoms with Crippen molar-refractivity contribution < 1.29 is 14.7 Å². The third kappa shape index (κ3) is 4.40. The van der Waals surface area contributed by atoms with E-state index in [4.69, 9.17) is 5.11 Å². The van der Waals surface area contributed by atoms with Crippen molar-refractivity contribution in [1.82, 2.24) is 9.80 Å². The molecule has 0 aromatic carbocycles. The molecule has 1 fully saturated rings. The van der Waals surface area contributed by atoms with Gasteiger partial charge in [-0.3, -0.25) is 4.79 Å². The van der Waals surface area contributed by atoms with Crippen LogP contribution in [0.2, 0.25) is 0 Å². The van der Waals surface area contributed by atoms with Gasteiger partial charge >= 0.3 is 12.0 Å². The zero-order chi connectivity index (χ0) is 14.4. The van der Waals surface area contributed by atoms with Crippen LogP contribution in [-0.2, 0) is 4.79 Å². The summed E-state index contributed by atoms with van der Waals surface area (Å²) in [5.41, 5.74) is 0. The van der Waals surface area contributed by atoms with E-state index in [2.05, 4.69) is 6.92 Å². The fraction of sp³-hybridized carbons (Fsp3) is 0.857. The maximum Gasteiger partial charge on any atom is 0.320 e. The molecule has 2 atom stereocenters. The van der Waals surface area contributed by atoms with Crippen LogP contribution in [0.1, 0.15) is 52.9 Å². The molecule has 19 heavy (non-hydrogen) atoms. The largest absolute Gasteiger partial charge is 0.481 e. The molecule has 1 heterocycles. The smallest absolute Gasteiger partial charge is 0.320 e. The van der Waals surface area contributed by atoms with Crippen LogP contribution in [0.3, 0.4) is 0 Å². The molecular formula is C14H26N2O3. The Kier molecular flexibility index (Phi) is 6.12. The molecule has 1 aliphatic heterocycles. The van der Waals surface area contributed by atoms with Crippen molar-refractivity contribution in [2.45, 2.75) is 65.0 Å². The second-order valence-electron chi connectivity index (χ2n) is 5.41.